The van der Waals surface area contributed by atoms with Crippen LogP contribution in [0.1, 0.15) is 21.7 Å². The molecule has 0 saturated heterocycles. The third-order valence-corrected chi connectivity index (χ3v) is 2.16. The first-order chi connectivity index (χ1) is 7.19. The summed E-state index contributed by atoms with van der Waals surface area (Å²) in [5.41, 5.74) is 4.01. The van der Waals surface area contributed by atoms with Crippen molar-refractivity contribution in [3.8, 4) is 11.3 Å². The molecule has 0 aliphatic rings. The SMILES string of the molecule is Cc1cc(C)cc(-c2cc(C=O)on2)c1. The Hall–Kier alpha value is -1.90. The van der Waals surface area contributed by atoms with Gasteiger partial charge in [-0.25, -0.2) is 0 Å². The maximum absolute atomic E-state index is 10.5. The number of aldehydes is 1. The number of aromatic nitrogens is 1. The van der Waals surface area contributed by atoms with Crippen LogP contribution in [0.25, 0.3) is 11.3 Å². The molecule has 0 fully saturated rings. The molecule has 0 amide bonds. The lowest BCUT2D eigenvalue weighted by Gasteiger charge is -2.00. The van der Waals surface area contributed by atoms with E-state index in [1.165, 1.54) is 11.1 Å². The molecule has 0 aliphatic heterocycles. The highest BCUT2D eigenvalue weighted by Crippen LogP contribution is 2.21. The van der Waals surface area contributed by atoms with Crippen LogP contribution in [-0.2, 0) is 0 Å². The highest BCUT2D eigenvalue weighted by molar-refractivity contribution is 5.74. The summed E-state index contributed by atoms with van der Waals surface area (Å²) in [4.78, 5) is 10.5. The maximum Gasteiger partial charge on any atom is 0.199 e. The molecule has 0 radical (unpaired) electrons. The molecule has 0 N–H and O–H groups in total. The third kappa shape index (κ3) is 1.96. The monoisotopic (exact) mass is 201 g/mol. The van der Waals surface area contributed by atoms with Crippen LogP contribution < -0.4 is 0 Å². The average Bonchev–Trinajstić information content (AvgIpc) is 2.64. The largest absolute Gasteiger partial charge is 0.353 e. The Kier molecular flexibility index (Phi) is 2.37. The lowest BCUT2D eigenvalue weighted by atomic mass is 10.1. The van der Waals surface area contributed by atoms with Crippen molar-refractivity contribution >= 4 is 6.29 Å². The predicted octanol–water partition coefficient (Wildman–Crippen LogP) is 2.77. The van der Waals surface area contributed by atoms with Gasteiger partial charge in [0, 0.05) is 11.6 Å². The molecule has 2 rings (SSSR count). The first kappa shape index (κ1) is 9.65. The summed E-state index contributed by atoms with van der Waals surface area (Å²) in [5, 5.41) is 3.83. The van der Waals surface area contributed by atoms with Crippen molar-refractivity contribution in [3.63, 3.8) is 0 Å². The summed E-state index contributed by atoms with van der Waals surface area (Å²) in [6.45, 7) is 4.05. The van der Waals surface area contributed by atoms with Crippen LogP contribution in [0.4, 0.5) is 0 Å². The summed E-state index contributed by atoms with van der Waals surface area (Å²) < 4.78 is 4.83. The van der Waals surface area contributed by atoms with Crippen LogP contribution in [0.2, 0.25) is 0 Å². The van der Waals surface area contributed by atoms with E-state index in [1.807, 2.05) is 26.0 Å². The van der Waals surface area contributed by atoms with Gasteiger partial charge in [0.05, 0.1) is 0 Å². The van der Waals surface area contributed by atoms with E-state index in [0.29, 0.717) is 12.0 Å². The molecule has 3 nitrogen and oxygen atoms in total. The predicted molar refractivity (Wildman–Crippen MR) is 56.8 cm³/mol. The number of carbonyl (C=O) groups is 1. The van der Waals surface area contributed by atoms with Gasteiger partial charge in [0.1, 0.15) is 5.69 Å². The molecule has 1 heterocycles. The topological polar surface area (TPSA) is 43.1 Å². The van der Waals surface area contributed by atoms with E-state index < -0.39 is 0 Å². The maximum atomic E-state index is 10.5. The van der Waals surface area contributed by atoms with E-state index in [9.17, 15) is 4.79 Å². The second-order valence-corrected chi connectivity index (χ2v) is 3.61. The van der Waals surface area contributed by atoms with Crippen molar-refractivity contribution in [1.82, 2.24) is 5.16 Å². The smallest absolute Gasteiger partial charge is 0.199 e. The van der Waals surface area contributed by atoms with Gasteiger partial charge in [-0.15, -0.1) is 0 Å². The summed E-state index contributed by atoms with van der Waals surface area (Å²) in [5.74, 6) is 0.254. The molecule has 0 bridgehead atoms. The molecule has 0 aliphatic carbocycles. The zero-order chi connectivity index (χ0) is 10.8. The van der Waals surface area contributed by atoms with Gasteiger partial charge in [0.15, 0.2) is 12.0 Å². The van der Waals surface area contributed by atoms with Crippen LogP contribution in [0.5, 0.6) is 0 Å². The minimum absolute atomic E-state index is 0.254. The Balaban J connectivity index is 2.48. The van der Waals surface area contributed by atoms with Crippen molar-refractivity contribution in [2.45, 2.75) is 13.8 Å². The number of benzene rings is 1. The first-order valence-corrected chi connectivity index (χ1v) is 4.69. The van der Waals surface area contributed by atoms with E-state index in [2.05, 4.69) is 11.2 Å². The van der Waals surface area contributed by atoms with E-state index >= 15 is 0 Å². The molecular weight excluding hydrogens is 190 g/mol. The van der Waals surface area contributed by atoms with E-state index in [0.717, 1.165) is 5.56 Å². The molecule has 0 spiro atoms. The molecule has 15 heavy (non-hydrogen) atoms. The molecule has 0 atom stereocenters. The number of hydrogen-bond donors (Lipinski definition) is 0. The number of nitrogens with zero attached hydrogens (tertiary/aromatic N) is 1. The zero-order valence-corrected chi connectivity index (χ0v) is 8.65. The van der Waals surface area contributed by atoms with Crippen LogP contribution in [-0.4, -0.2) is 11.4 Å². The fourth-order valence-electron chi connectivity index (χ4n) is 1.60. The van der Waals surface area contributed by atoms with Crippen molar-refractivity contribution in [3.05, 3.63) is 41.2 Å². The fourth-order valence-corrected chi connectivity index (χ4v) is 1.60. The zero-order valence-electron chi connectivity index (χ0n) is 8.65. The van der Waals surface area contributed by atoms with Crippen molar-refractivity contribution in [1.29, 1.82) is 0 Å². The second-order valence-electron chi connectivity index (χ2n) is 3.61. The molecule has 1 aromatic carbocycles. The van der Waals surface area contributed by atoms with Gasteiger partial charge in [0.2, 0.25) is 0 Å². The quantitative estimate of drug-likeness (QED) is 0.701. The number of aryl methyl sites for hydroxylation is 2. The average molecular weight is 201 g/mol. The summed E-state index contributed by atoms with van der Waals surface area (Å²) >= 11 is 0. The first-order valence-electron chi connectivity index (χ1n) is 4.69. The van der Waals surface area contributed by atoms with E-state index in [-0.39, 0.29) is 5.76 Å². The summed E-state index contributed by atoms with van der Waals surface area (Å²) in [6.07, 6.45) is 0.652. The fraction of sp³-hybridized carbons (Fsp3) is 0.167. The van der Waals surface area contributed by atoms with Crippen molar-refractivity contribution in [2.24, 2.45) is 0 Å². The van der Waals surface area contributed by atoms with Gasteiger partial charge in [-0.1, -0.05) is 22.3 Å². The van der Waals surface area contributed by atoms with Crippen molar-refractivity contribution in [2.75, 3.05) is 0 Å². The molecule has 76 valence electrons. The van der Waals surface area contributed by atoms with Gasteiger partial charge in [-0.3, -0.25) is 4.79 Å². The van der Waals surface area contributed by atoms with Crippen molar-refractivity contribution < 1.29 is 9.32 Å². The second kappa shape index (κ2) is 3.69. The normalized spacial score (nSPS) is 10.3. The number of rotatable bonds is 2. The Labute approximate surface area is 87.7 Å². The van der Waals surface area contributed by atoms with Gasteiger partial charge >= 0.3 is 0 Å². The number of hydrogen-bond acceptors (Lipinski definition) is 3. The van der Waals surface area contributed by atoms with Gasteiger partial charge in [-0.2, -0.15) is 0 Å². The lowest BCUT2D eigenvalue weighted by molar-refractivity contribution is 0.109. The minimum atomic E-state index is 0.254. The molecule has 3 heteroatoms. The standard InChI is InChI=1S/C12H11NO2/c1-8-3-9(2)5-10(4-8)12-6-11(7-14)15-13-12/h3-7H,1-2H3. The highest BCUT2D eigenvalue weighted by Gasteiger charge is 2.06. The molecule has 2 aromatic rings. The molecule has 0 saturated carbocycles. The Bertz CT molecular complexity index is 480. The van der Waals surface area contributed by atoms with Crippen LogP contribution in [0.15, 0.2) is 28.8 Å². The van der Waals surface area contributed by atoms with Crippen LogP contribution in [0, 0.1) is 13.8 Å². The molecule has 1 aromatic heterocycles. The minimum Gasteiger partial charge on any atom is -0.353 e. The van der Waals surface area contributed by atoms with E-state index in [1.54, 1.807) is 6.07 Å². The van der Waals surface area contributed by atoms with Crippen LogP contribution in [0.3, 0.4) is 0 Å². The summed E-state index contributed by atoms with van der Waals surface area (Å²) in [7, 11) is 0. The Morgan fingerprint density at radius 3 is 2.33 bits per heavy atom. The van der Waals surface area contributed by atoms with E-state index in [4.69, 9.17) is 4.52 Å². The van der Waals surface area contributed by atoms with Gasteiger partial charge in [0.25, 0.3) is 0 Å². The summed E-state index contributed by atoms with van der Waals surface area (Å²) in [6, 6.07) is 7.75. The Morgan fingerprint density at radius 2 is 1.80 bits per heavy atom. The third-order valence-electron chi connectivity index (χ3n) is 2.16. The number of carbonyl (C=O) groups excluding carboxylic acids is 1. The van der Waals surface area contributed by atoms with Gasteiger partial charge in [-0.05, 0) is 26.0 Å². The highest BCUT2D eigenvalue weighted by atomic mass is 16.5. The lowest BCUT2D eigenvalue weighted by Crippen LogP contribution is -1.82. The van der Waals surface area contributed by atoms with Crippen LogP contribution >= 0.6 is 0 Å². The molecular formula is C12H11NO2. The molecule has 0 unspecified atom stereocenters. The Morgan fingerprint density at radius 1 is 1.13 bits per heavy atom. The van der Waals surface area contributed by atoms with Gasteiger partial charge < -0.3 is 4.52 Å².